The first-order valence-corrected chi connectivity index (χ1v) is 4.23. The highest BCUT2D eigenvalue weighted by Gasteiger charge is 2.31. The molecule has 64 valence electrons. The van der Waals surface area contributed by atoms with Gasteiger partial charge in [0.05, 0.1) is 5.60 Å². The van der Waals surface area contributed by atoms with Crippen molar-refractivity contribution in [1.82, 2.24) is 0 Å². The first-order valence-electron chi connectivity index (χ1n) is 4.73. The highest BCUT2D eigenvalue weighted by molar-refractivity contribution is 5.08. The summed E-state index contributed by atoms with van der Waals surface area (Å²) in [4.78, 5) is 0. The van der Waals surface area contributed by atoms with Crippen LogP contribution in [0.4, 0.5) is 0 Å². The molecule has 1 atom stereocenters. The van der Waals surface area contributed by atoms with Crippen molar-refractivity contribution in [3.8, 4) is 0 Å². The zero-order valence-corrected chi connectivity index (χ0v) is 7.65. The van der Waals surface area contributed by atoms with Crippen LogP contribution in [0, 0.1) is 5.89 Å². The van der Waals surface area contributed by atoms with Crippen molar-refractivity contribution >= 4 is 0 Å². The quantitative estimate of drug-likeness (QED) is 0.577. The number of hydrogen-bond acceptors (Lipinski definition) is 1. The van der Waals surface area contributed by atoms with E-state index in [0.717, 1.165) is 12.8 Å². The van der Waals surface area contributed by atoms with Gasteiger partial charge in [-0.1, -0.05) is 25.5 Å². The van der Waals surface area contributed by atoms with Crippen LogP contribution in [0.15, 0.2) is 11.6 Å². The van der Waals surface area contributed by atoms with Crippen LogP contribution in [0.2, 0.25) is 0 Å². The summed E-state index contributed by atoms with van der Waals surface area (Å²) < 4.78 is 7.81. The van der Waals surface area contributed by atoms with Gasteiger partial charge in [0.2, 0.25) is 0 Å². The van der Waals surface area contributed by atoms with Crippen molar-refractivity contribution in [2.75, 3.05) is 0 Å². The summed E-state index contributed by atoms with van der Waals surface area (Å²) >= 11 is 0. The maximum absolute atomic E-state index is 10.1. The molecule has 0 aromatic carbocycles. The molecule has 0 heterocycles. The van der Waals surface area contributed by atoms with Gasteiger partial charge in [-0.15, -0.1) is 0 Å². The van der Waals surface area contributed by atoms with Crippen molar-refractivity contribution in [3.63, 3.8) is 0 Å². The average Bonchev–Trinajstić information content (AvgIpc) is 1.93. The van der Waals surface area contributed by atoms with E-state index >= 15 is 0 Å². The highest BCUT2D eigenvalue weighted by atomic mass is 16.3. The predicted molar refractivity (Wildman–Crippen MR) is 47.4 cm³/mol. The van der Waals surface area contributed by atoms with Crippen molar-refractivity contribution in [2.45, 2.75) is 45.6 Å². The summed E-state index contributed by atoms with van der Waals surface area (Å²) in [6, 6.07) is 0. The van der Waals surface area contributed by atoms with Gasteiger partial charge in [-0.3, -0.25) is 0 Å². The van der Waals surface area contributed by atoms with E-state index in [9.17, 15) is 5.11 Å². The van der Waals surface area contributed by atoms with Crippen molar-refractivity contribution < 1.29 is 6.48 Å². The summed E-state index contributed by atoms with van der Waals surface area (Å²) in [5.74, 6) is -0.746. The third-order valence-electron chi connectivity index (χ3n) is 2.65. The zero-order chi connectivity index (χ0) is 9.41. The second-order valence-electron chi connectivity index (χ2n) is 3.79. The molecular weight excluding hydrogens is 136 g/mol. The lowest BCUT2D eigenvalue weighted by molar-refractivity contribution is -0.0140. The summed E-state index contributed by atoms with van der Waals surface area (Å²) in [6.07, 6.45) is 4.35. The zero-order valence-electron chi connectivity index (χ0n) is 8.65. The molecule has 1 aliphatic rings. The van der Waals surface area contributed by atoms with Crippen molar-refractivity contribution in [2.24, 2.45) is 5.89 Å². The summed E-state index contributed by atoms with van der Waals surface area (Å²) in [5, 5.41) is 10.1. The first kappa shape index (κ1) is 7.35. The fourth-order valence-corrected chi connectivity index (χ4v) is 1.41. The summed E-state index contributed by atoms with van der Waals surface area (Å²) in [6.45, 7) is 5.64. The van der Waals surface area contributed by atoms with Crippen molar-refractivity contribution in [1.29, 1.82) is 0 Å². The van der Waals surface area contributed by atoms with E-state index in [1.54, 1.807) is 13.8 Å². The highest BCUT2D eigenvalue weighted by Crippen LogP contribution is 2.32. The molecule has 0 spiro atoms. The van der Waals surface area contributed by atoms with Gasteiger partial charge in [-0.05, 0) is 32.1 Å². The van der Waals surface area contributed by atoms with Crippen LogP contribution < -0.4 is 0 Å². The Morgan fingerprint density at radius 1 is 1.73 bits per heavy atom. The second-order valence-corrected chi connectivity index (χ2v) is 3.79. The van der Waals surface area contributed by atoms with Gasteiger partial charge >= 0.3 is 0 Å². The predicted octanol–water partition coefficient (Wildman–Crippen LogP) is 2.50. The smallest absolute Gasteiger partial charge is 0.0707 e. The Hall–Kier alpha value is -0.300. The fourth-order valence-electron chi connectivity index (χ4n) is 1.41. The number of hydrogen-bond donors (Lipinski definition) is 1. The Labute approximate surface area is 70.5 Å². The molecule has 1 unspecified atom stereocenters. The molecule has 0 aromatic rings. The molecule has 0 aromatic heterocycles. The molecule has 1 rings (SSSR count). The van der Waals surface area contributed by atoms with Crippen molar-refractivity contribution in [3.05, 3.63) is 11.6 Å². The van der Waals surface area contributed by atoms with Gasteiger partial charge in [-0.25, -0.2) is 0 Å². The van der Waals surface area contributed by atoms with Gasteiger partial charge in [0.25, 0.3) is 0 Å². The summed E-state index contributed by atoms with van der Waals surface area (Å²) in [5.41, 5.74) is 0.524. The van der Waals surface area contributed by atoms with Crippen LogP contribution >= 0.6 is 0 Å². The van der Waals surface area contributed by atoms with Crippen LogP contribution in [0.25, 0.3) is 0 Å². The molecule has 11 heavy (non-hydrogen) atoms. The molecule has 0 amide bonds. The lowest BCUT2D eigenvalue weighted by atomic mass is 9.78. The molecule has 1 aliphatic carbocycles. The van der Waals surface area contributed by atoms with Gasteiger partial charge in [0.1, 0.15) is 0 Å². The van der Waals surface area contributed by atoms with E-state index in [0.29, 0.717) is 6.42 Å². The van der Waals surface area contributed by atoms with Crippen LogP contribution in [0.1, 0.15) is 41.4 Å². The number of aliphatic hydroxyl groups is 1. The topological polar surface area (TPSA) is 20.2 Å². The summed E-state index contributed by atoms with van der Waals surface area (Å²) in [7, 11) is 0. The van der Waals surface area contributed by atoms with Crippen LogP contribution in [-0.2, 0) is 0 Å². The van der Waals surface area contributed by atoms with E-state index in [2.05, 4.69) is 13.0 Å². The van der Waals surface area contributed by atoms with Crippen LogP contribution in [-0.4, -0.2) is 10.7 Å². The van der Waals surface area contributed by atoms with Gasteiger partial charge < -0.3 is 5.11 Å². The minimum absolute atomic E-state index is 0.634. The fraction of sp³-hybridized carbons (Fsp3) is 0.800. The van der Waals surface area contributed by atoms with Crippen LogP contribution in [0.5, 0.6) is 0 Å². The molecule has 0 fully saturated rings. The molecule has 1 heteroatoms. The second kappa shape index (κ2) is 2.98. The Balaban J connectivity index is 2.77. The van der Waals surface area contributed by atoms with Crippen LogP contribution in [0.3, 0.4) is 0 Å². The Kier molecular flexibility index (Phi) is 1.99. The molecule has 0 saturated carbocycles. The van der Waals surface area contributed by atoms with E-state index in [1.165, 1.54) is 5.57 Å². The minimum atomic E-state index is -0.813. The molecule has 0 radical (unpaired) electrons. The molecular formula is C10H18O. The largest absolute Gasteiger partial charge is 0.389 e. The number of allylic oxidation sites excluding steroid dienone is 1. The molecule has 0 saturated heterocycles. The maximum atomic E-state index is 10.1. The SMILES string of the molecule is [2H]C(C)(C)C1(O)CC=C(C)CC1. The van der Waals surface area contributed by atoms with E-state index in [1.807, 2.05) is 0 Å². The Bertz CT molecular complexity index is 202. The molecule has 1 nitrogen and oxygen atoms in total. The first-order chi connectivity index (χ1) is 5.35. The lowest BCUT2D eigenvalue weighted by Crippen LogP contribution is -2.36. The Morgan fingerprint density at radius 2 is 2.36 bits per heavy atom. The lowest BCUT2D eigenvalue weighted by Gasteiger charge is -2.34. The van der Waals surface area contributed by atoms with Gasteiger partial charge in [-0.2, -0.15) is 0 Å². The third kappa shape index (κ3) is 1.84. The third-order valence-corrected chi connectivity index (χ3v) is 2.65. The van der Waals surface area contributed by atoms with E-state index < -0.39 is 11.5 Å². The standard InChI is InChI=1S/C10H18O/c1-8(2)10(11)6-4-9(3)5-7-10/h4,8,11H,5-7H2,1-3H3/i8D. The van der Waals surface area contributed by atoms with Gasteiger partial charge in [0, 0.05) is 1.37 Å². The van der Waals surface area contributed by atoms with E-state index in [-0.39, 0.29) is 0 Å². The molecule has 0 aliphatic heterocycles. The maximum Gasteiger partial charge on any atom is 0.0707 e. The monoisotopic (exact) mass is 155 g/mol. The normalized spacial score (nSPS) is 34.5. The minimum Gasteiger partial charge on any atom is -0.389 e. The molecule has 0 bridgehead atoms. The van der Waals surface area contributed by atoms with Gasteiger partial charge in [0.15, 0.2) is 0 Å². The Morgan fingerprint density at radius 3 is 2.73 bits per heavy atom. The van der Waals surface area contributed by atoms with E-state index in [4.69, 9.17) is 1.37 Å². The number of rotatable bonds is 1. The molecule has 1 N–H and O–H groups in total. The average molecular weight is 155 g/mol.